The van der Waals surface area contributed by atoms with Gasteiger partial charge < -0.3 is 5.73 Å². The van der Waals surface area contributed by atoms with Crippen molar-refractivity contribution in [3.05, 3.63) is 17.5 Å². The Labute approximate surface area is 73.4 Å². The molecule has 0 aliphatic heterocycles. The molecule has 0 radical (unpaired) electrons. The molecular weight excluding hydrogens is 150 g/mol. The van der Waals surface area contributed by atoms with Crippen LogP contribution in [0.25, 0.3) is 0 Å². The van der Waals surface area contributed by atoms with Crippen molar-refractivity contribution in [3.63, 3.8) is 0 Å². The molecule has 3 N–H and O–H groups in total. The Hall–Kier alpha value is -0.830. The summed E-state index contributed by atoms with van der Waals surface area (Å²) >= 11 is 0. The first-order valence-electron chi connectivity index (χ1n) is 4.45. The minimum Gasteiger partial charge on any atom is -0.330 e. The highest BCUT2D eigenvalue weighted by atomic mass is 15.1. The predicted octanol–water partition coefficient (Wildman–Crippen LogP) is 1.11. The molecule has 1 aromatic rings. The number of aromatic amines is 1. The van der Waals surface area contributed by atoms with Crippen molar-refractivity contribution < 1.29 is 0 Å². The van der Waals surface area contributed by atoms with Gasteiger partial charge in [-0.2, -0.15) is 5.10 Å². The molecule has 1 rings (SSSR count). The predicted molar refractivity (Wildman–Crippen MR) is 49.9 cm³/mol. The number of hydrogen-bond acceptors (Lipinski definition) is 2. The summed E-state index contributed by atoms with van der Waals surface area (Å²) in [6.07, 6.45) is 3.90. The summed E-state index contributed by atoms with van der Waals surface area (Å²) in [6, 6.07) is 0. The highest BCUT2D eigenvalue weighted by Gasteiger charge is 2.05. The quantitative estimate of drug-likeness (QED) is 0.705. The summed E-state index contributed by atoms with van der Waals surface area (Å²) in [5.74, 6) is 0.680. The third-order valence-electron chi connectivity index (χ3n) is 1.83. The van der Waals surface area contributed by atoms with Crippen LogP contribution >= 0.6 is 0 Å². The SMILES string of the molecule is CC(C)Cc1cn[nH]c1CCN. The second kappa shape index (κ2) is 4.26. The summed E-state index contributed by atoms with van der Waals surface area (Å²) in [5.41, 5.74) is 7.99. The summed E-state index contributed by atoms with van der Waals surface area (Å²) in [5, 5.41) is 7.00. The Kier molecular flexibility index (Phi) is 3.29. The van der Waals surface area contributed by atoms with Gasteiger partial charge in [0, 0.05) is 12.1 Å². The van der Waals surface area contributed by atoms with E-state index in [0.29, 0.717) is 12.5 Å². The number of nitrogens with two attached hydrogens (primary N) is 1. The van der Waals surface area contributed by atoms with Crippen molar-refractivity contribution in [2.45, 2.75) is 26.7 Å². The zero-order valence-corrected chi connectivity index (χ0v) is 7.80. The van der Waals surface area contributed by atoms with Gasteiger partial charge in [0.15, 0.2) is 0 Å². The van der Waals surface area contributed by atoms with Gasteiger partial charge in [0.05, 0.1) is 6.20 Å². The van der Waals surface area contributed by atoms with Crippen molar-refractivity contribution in [2.75, 3.05) is 6.54 Å². The second-order valence-electron chi connectivity index (χ2n) is 3.51. The van der Waals surface area contributed by atoms with Crippen LogP contribution in [0.3, 0.4) is 0 Å². The molecule has 0 saturated heterocycles. The van der Waals surface area contributed by atoms with Gasteiger partial charge in [-0.15, -0.1) is 0 Å². The van der Waals surface area contributed by atoms with E-state index in [0.717, 1.165) is 12.8 Å². The third-order valence-corrected chi connectivity index (χ3v) is 1.83. The number of aromatic nitrogens is 2. The largest absolute Gasteiger partial charge is 0.330 e. The van der Waals surface area contributed by atoms with Gasteiger partial charge in [0.1, 0.15) is 0 Å². The molecule has 0 fully saturated rings. The average molecular weight is 167 g/mol. The van der Waals surface area contributed by atoms with E-state index in [1.165, 1.54) is 11.3 Å². The lowest BCUT2D eigenvalue weighted by molar-refractivity contribution is 0.642. The Bertz CT molecular complexity index is 227. The summed E-state index contributed by atoms with van der Waals surface area (Å²) in [6.45, 7) is 5.10. The van der Waals surface area contributed by atoms with E-state index in [-0.39, 0.29) is 0 Å². The first-order valence-corrected chi connectivity index (χ1v) is 4.45. The van der Waals surface area contributed by atoms with Gasteiger partial charge in [-0.3, -0.25) is 5.10 Å². The van der Waals surface area contributed by atoms with Crippen LogP contribution in [0.4, 0.5) is 0 Å². The highest BCUT2D eigenvalue weighted by Crippen LogP contribution is 2.10. The molecule has 3 heteroatoms. The highest BCUT2D eigenvalue weighted by molar-refractivity contribution is 5.17. The van der Waals surface area contributed by atoms with Crippen LogP contribution in [-0.4, -0.2) is 16.7 Å². The Morgan fingerprint density at radius 2 is 2.33 bits per heavy atom. The number of nitrogens with zero attached hydrogens (tertiary/aromatic N) is 1. The van der Waals surface area contributed by atoms with Crippen LogP contribution in [-0.2, 0) is 12.8 Å². The maximum atomic E-state index is 5.47. The number of nitrogens with one attached hydrogen (secondary N) is 1. The molecule has 0 aliphatic rings. The van der Waals surface area contributed by atoms with Crippen LogP contribution in [0, 0.1) is 5.92 Å². The number of H-pyrrole nitrogens is 1. The number of hydrogen-bond donors (Lipinski definition) is 2. The fourth-order valence-corrected chi connectivity index (χ4v) is 1.31. The molecule has 0 aromatic carbocycles. The minimum absolute atomic E-state index is 0.680. The van der Waals surface area contributed by atoms with Gasteiger partial charge in [-0.05, 0) is 24.4 Å². The number of rotatable bonds is 4. The standard InChI is InChI=1S/C9H17N3/c1-7(2)5-8-6-11-12-9(8)3-4-10/h6-7H,3-5,10H2,1-2H3,(H,11,12). The van der Waals surface area contributed by atoms with Crippen molar-refractivity contribution in [1.29, 1.82) is 0 Å². The van der Waals surface area contributed by atoms with Gasteiger partial charge in [-0.25, -0.2) is 0 Å². The smallest absolute Gasteiger partial charge is 0.0522 e. The first kappa shape index (κ1) is 9.26. The monoisotopic (exact) mass is 167 g/mol. The van der Waals surface area contributed by atoms with Crippen LogP contribution in [0.5, 0.6) is 0 Å². The molecule has 68 valence electrons. The van der Waals surface area contributed by atoms with Crippen LogP contribution in [0.1, 0.15) is 25.1 Å². The molecule has 12 heavy (non-hydrogen) atoms. The minimum atomic E-state index is 0.680. The lowest BCUT2D eigenvalue weighted by Gasteiger charge is -2.03. The van der Waals surface area contributed by atoms with Crippen LogP contribution in [0.2, 0.25) is 0 Å². The molecule has 0 bridgehead atoms. The van der Waals surface area contributed by atoms with Gasteiger partial charge in [0.25, 0.3) is 0 Å². The molecule has 0 saturated carbocycles. The van der Waals surface area contributed by atoms with E-state index in [4.69, 9.17) is 5.73 Å². The summed E-state index contributed by atoms with van der Waals surface area (Å²) in [4.78, 5) is 0. The molecule has 0 unspecified atom stereocenters. The zero-order valence-electron chi connectivity index (χ0n) is 7.80. The lowest BCUT2D eigenvalue weighted by atomic mass is 10.0. The molecule has 3 nitrogen and oxygen atoms in total. The maximum Gasteiger partial charge on any atom is 0.0522 e. The van der Waals surface area contributed by atoms with Crippen molar-refractivity contribution in [2.24, 2.45) is 11.7 Å². The molecule has 1 heterocycles. The molecule has 0 aliphatic carbocycles. The van der Waals surface area contributed by atoms with E-state index >= 15 is 0 Å². The third kappa shape index (κ3) is 2.34. The van der Waals surface area contributed by atoms with Crippen molar-refractivity contribution in [3.8, 4) is 0 Å². The molecule has 0 atom stereocenters. The van der Waals surface area contributed by atoms with Gasteiger partial charge in [0.2, 0.25) is 0 Å². The van der Waals surface area contributed by atoms with Gasteiger partial charge in [-0.1, -0.05) is 13.8 Å². The van der Waals surface area contributed by atoms with Crippen molar-refractivity contribution >= 4 is 0 Å². The fraction of sp³-hybridized carbons (Fsp3) is 0.667. The van der Waals surface area contributed by atoms with E-state index in [1.54, 1.807) is 0 Å². The van der Waals surface area contributed by atoms with E-state index in [1.807, 2.05) is 6.20 Å². The van der Waals surface area contributed by atoms with E-state index in [2.05, 4.69) is 24.0 Å². The topological polar surface area (TPSA) is 54.7 Å². The average Bonchev–Trinajstić information content (AvgIpc) is 2.37. The Balaban J connectivity index is 2.63. The van der Waals surface area contributed by atoms with Crippen LogP contribution < -0.4 is 5.73 Å². The molecule has 0 spiro atoms. The van der Waals surface area contributed by atoms with Crippen molar-refractivity contribution in [1.82, 2.24) is 10.2 Å². The summed E-state index contributed by atoms with van der Waals surface area (Å²) in [7, 11) is 0. The Morgan fingerprint density at radius 1 is 1.58 bits per heavy atom. The molecular formula is C9H17N3. The Morgan fingerprint density at radius 3 is 2.92 bits per heavy atom. The normalized spacial score (nSPS) is 11.0. The fourth-order valence-electron chi connectivity index (χ4n) is 1.31. The molecule has 1 aromatic heterocycles. The first-order chi connectivity index (χ1) is 5.74. The lowest BCUT2D eigenvalue weighted by Crippen LogP contribution is -2.06. The zero-order chi connectivity index (χ0) is 8.97. The van der Waals surface area contributed by atoms with Gasteiger partial charge >= 0.3 is 0 Å². The second-order valence-corrected chi connectivity index (χ2v) is 3.51. The van der Waals surface area contributed by atoms with E-state index in [9.17, 15) is 0 Å². The van der Waals surface area contributed by atoms with Crippen LogP contribution in [0.15, 0.2) is 6.20 Å². The summed E-state index contributed by atoms with van der Waals surface area (Å²) < 4.78 is 0. The maximum absolute atomic E-state index is 5.47. The van der Waals surface area contributed by atoms with E-state index < -0.39 is 0 Å². The molecule has 0 amide bonds.